The van der Waals surface area contributed by atoms with E-state index < -0.39 is 11.8 Å². The first-order valence-electron chi connectivity index (χ1n) is 12.5. The van der Waals surface area contributed by atoms with E-state index in [-0.39, 0.29) is 5.75 Å². The molecule has 5 nitrogen and oxygen atoms in total. The van der Waals surface area contributed by atoms with Crippen molar-refractivity contribution in [2.24, 2.45) is 0 Å². The molecule has 2 N–H and O–H groups in total. The predicted octanol–water partition coefficient (Wildman–Crippen LogP) is 7.79. The SMILES string of the molecule is CC/C(=C(\C1=Cc2cn[nH]c2CC1)c1ccc(/C=C/C(=O)O)cc1)c1ccc(F)c(Oc2ccccc2)c1. The van der Waals surface area contributed by atoms with Gasteiger partial charge in [-0.3, -0.25) is 5.10 Å². The van der Waals surface area contributed by atoms with E-state index in [0.29, 0.717) is 12.2 Å². The van der Waals surface area contributed by atoms with Crippen molar-refractivity contribution in [2.75, 3.05) is 0 Å². The highest BCUT2D eigenvalue weighted by Gasteiger charge is 2.21. The lowest BCUT2D eigenvalue weighted by Gasteiger charge is -2.22. The van der Waals surface area contributed by atoms with Crippen LogP contribution < -0.4 is 4.74 Å². The quantitative estimate of drug-likeness (QED) is 0.189. The number of nitrogens with zero attached hydrogens (tertiary/aromatic N) is 1. The molecule has 1 aliphatic rings. The van der Waals surface area contributed by atoms with Crippen molar-refractivity contribution in [3.05, 3.63) is 124 Å². The number of aryl methyl sites for hydroxylation is 1. The van der Waals surface area contributed by atoms with Gasteiger partial charge in [0.15, 0.2) is 11.6 Å². The summed E-state index contributed by atoms with van der Waals surface area (Å²) in [4.78, 5) is 10.9. The molecule has 0 unspecified atom stereocenters. The van der Waals surface area contributed by atoms with E-state index >= 15 is 0 Å². The molecule has 0 radical (unpaired) electrons. The Morgan fingerprint density at radius 3 is 2.55 bits per heavy atom. The van der Waals surface area contributed by atoms with Crippen molar-refractivity contribution in [3.8, 4) is 11.5 Å². The number of carboxylic acid groups (broad SMARTS) is 1. The summed E-state index contributed by atoms with van der Waals surface area (Å²) in [5, 5.41) is 16.2. The van der Waals surface area contributed by atoms with Gasteiger partial charge in [0.2, 0.25) is 0 Å². The summed E-state index contributed by atoms with van der Waals surface area (Å²) >= 11 is 0. The zero-order chi connectivity index (χ0) is 26.5. The van der Waals surface area contributed by atoms with Gasteiger partial charge in [0, 0.05) is 17.3 Å². The number of carbonyl (C=O) groups is 1. The van der Waals surface area contributed by atoms with Crippen LogP contribution in [0.1, 0.15) is 47.7 Å². The monoisotopic (exact) mass is 506 g/mol. The second kappa shape index (κ2) is 11.1. The molecule has 0 bridgehead atoms. The molecule has 4 aromatic rings. The number of halogens is 1. The molecule has 1 aromatic heterocycles. The van der Waals surface area contributed by atoms with Gasteiger partial charge in [-0.2, -0.15) is 5.10 Å². The van der Waals surface area contributed by atoms with Crippen molar-refractivity contribution in [1.29, 1.82) is 0 Å². The lowest BCUT2D eigenvalue weighted by Crippen LogP contribution is -2.03. The summed E-state index contributed by atoms with van der Waals surface area (Å²) in [6.45, 7) is 2.09. The van der Waals surface area contributed by atoms with E-state index in [4.69, 9.17) is 9.84 Å². The highest BCUT2D eigenvalue weighted by Crippen LogP contribution is 2.40. The number of aromatic nitrogens is 2. The number of hydrogen-bond donors (Lipinski definition) is 2. The molecule has 6 heteroatoms. The third-order valence-corrected chi connectivity index (χ3v) is 6.57. The summed E-state index contributed by atoms with van der Waals surface area (Å²) in [6.07, 6.45) is 9.07. The number of ether oxygens (including phenoxy) is 1. The fourth-order valence-corrected chi connectivity index (χ4v) is 4.76. The number of aromatic amines is 1. The van der Waals surface area contributed by atoms with Gasteiger partial charge < -0.3 is 9.84 Å². The normalized spacial score (nSPS) is 13.6. The Hall–Kier alpha value is -4.71. The summed E-state index contributed by atoms with van der Waals surface area (Å²) in [6, 6.07) is 22.0. The number of fused-ring (bicyclic) bond motifs is 1. The number of hydrogen-bond acceptors (Lipinski definition) is 3. The topological polar surface area (TPSA) is 75.2 Å². The molecule has 0 atom stereocenters. The largest absolute Gasteiger partial charge is 0.478 e. The van der Waals surface area contributed by atoms with Crippen LogP contribution in [-0.2, 0) is 11.2 Å². The fourth-order valence-electron chi connectivity index (χ4n) is 4.76. The minimum atomic E-state index is -0.990. The molecule has 5 rings (SSSR count). The first kappa shape index (κ1) is 25.0. The molecule has 190 valence electrons. The lowest BCUT2D eigenvalue weighted by molar-refractivity contribution is -0.131. The van der Waals surface area contributed by atoms with Gasteiger partial charge in [-0.25, -0.2) is 9.18 Å². The van der Waals surface area contributed by atoms with E-state index in [9.17, 15) is 9.18 Å². The van der Waals surface area contributed by atoms with E-state index in [1.807, 2.05) is 48.7 Å². The summed E-state index contributed by atoms with van der Waals surface area (Å²) in [7, 11) is 0. The van der Waals surface area contributed by atoms with Crippen LogP contribution in [0.25, 0.3) is 23.3 Å². The van der Waals surface area contributed by atoms with Crippen molar-refractivity contribution in [3.63, 3.8) is 0 Å². The van der Waals surface area contributed by atoms with E-state index in [2.05, 4.69) is 23.2 Å². The third kappa shape index (κ3) is 5.49. The molecule has 0 saturated carbocycles. The van der Waals surface area contributed by atoms with Crippen molar-refractivity contribution >= 4 is 29.3 Å². The van der Waals surface area contributed by atoms with Gasteiger partial charge in [-0.1, -0.05) is 55.5 Å². The maximum atomic E-state index is 14.8. The molecule has 0 spiro atoms. The van der Waals surface area contributed by atoms with E-state index in [1.165, 1.54) is 11.6 Å². The van der Waals surface area contributed by atoms with Crippen molar-refractivity contribution in [1.82, 2.24) is 10.2 Å². The van der Waals surface area contributed by atoms with Gasteiger partial charge in [0.05, 0.1) is 6.20 Å². The zero-order valence-corrected chi connectivity index (χ0v) is 20.9. The number of nitrogens with one attached hydrogen (secondary N) is 1. The van der Waals surface area contributed by atoms with Crippen LogP contribution in [0.2, 0.25) is 0 Å². The predicted molar refractivity (Wildman–Crippen MR) is 148 cm³/mol. The third-order valence-electron chi connectivity index (χ3n) is 6.57. The Balaban J connectivity index is 1.63. The molecule has 0 aliphatic heterocycles. The first-order valence-corrected chi connectivity index (χ1v) is 12.5. The zero-order valence-electron chi connectivity index (χ0n) is 20.9. The van der Waals surface area contributed by atoms with Crippen LogP contribution in [0.15, 0.2) is 90.6 Å². The average Bonchev–Trinajstić information content (AvgIpc) is 3.41. The van der Waals surface area contributed by atoms with Gasteiger partial charge >= 0.3 is 5.97 Å². The fraction of sp³-hybridized carbons (Fsp3) is 0.125. The van der Waals surface area contributed by atoms with Gasteiger partial charge in [-0.15, -0.1) is 0 Å². The number of allylic oxidation sites excluding steroid dienone is 3. The van der Waals surface area contributed by atoms with Gasteiger partial charge in [0.1, 0.15) is 5.75 Å². The maximum Gasteiger partial charge on any atom is 0.328 e. The van der Waals surface area contributed by atoms with Crippen LogP contribution >= 0.6 is 0 Å². The number of aliphatic carboxylic acids is 1. The Morgan fingerprint density at radius 1 is 1.05 bits per heavy atom. The molecule has 38 heavy (non-hydrogen) atoms. The first-order chi connectivity index (χ1) is 18.5. The standard InChI is InChI=1S/C32H27FN2O3/c1-2-27(23-13-15-28(33)30(19-23)38-26-6-4-3-5-7-26)32(24-14-16-29-25(18-24)20-34-35-29)22-11-8-21(9-12-22)10-17-31(36)37/h3-13,15,17-20H,2,14,16H2,1H3,(H,34,35)(H,36,37)/b17-10+,32-27+. The van der Waals surface area contributed by atoms with E-state index in [1.54, 1.807) is 30.3 Å². The number of benzene rings is 3. The molecular formula is C32H27FN2O3. The van der Waals surface area contributed by atoms with Crippen molar-refractivity contribution < 1.29 is 19.0 Å². The summed E-state index contributed by atoms with van der Waals surface area (Å²) in [5.74, 6) is -0.679. The number of H-pyrrole nitrogens is 1. The Kier molecular flexibility index (Phi) is 7.31. The molecule has 0 amide bonds. The van der Waals surface area contributed by atoms with Crippen LogP contribution in [0.5, 0.6) is 11.5 Å². The molecule has 0 saturated heterocycles. The number of rotatable bonds is 8. The van der Waals surface area contributed by atoms with Crippen LogP contribution in [0.3, 0.4) is 0 Å². The summed E-state index contributed by atoms with van der Waals surface area (Å²) in [5.41, 5.74) is 8.15. The Morgan fingerprint density at radius 2 is 1.82 bits per heavy atom. The minimum absolute atomic E-state index is 0.169. The second-order valence-electron chi connectivity index (χ2n) is 9.03. The molecule has 3 aromatic carbocycles. The number of para-hydroxylation sites is 1. The molecule has 1 heterocycles. The Bertz CT molecular complexity index is 1550. The van der Waals surface area contributed by atoms with Crippen LogP contribution in [0.4, 0.5) is 4.39 Å². The van der Waals surface area contributed by atoms with E-state index in [0.717, 1.165) is 58.0 Å². The maximum absolute atomic E-state index is 14.8. The highest BCUT2D eigenvalue weighted by molar-refractivity contribution is 6.01. The average molecular weight is 507 g/mol. The smallest absolute Gasteiger partial charge is 0.328 e. The molecular weight excluding hydrogens is 479 g/mol. The minimum Gasteiger partial charge on any atom is -0.478 e. The van der Waals surface area contributed by atoms with Crippen molar-refractivity contribution in [2.45, 2.75) is 26.2 Å². The highest BCUT2D eigenvalue weighted by atomic mass is 19.1. The molecule has 0 fully saturated rings. The lowest BCUT2D eigenvalue weighted by atomic mass is 9.83. The van der Waals surface area contributed by atoms with Gasteiger partial charge in [-0.05, 0) is 89.1 Å². The summed E-state index contributed by atoms with van der Waals surface area (Å²) < 4.78 is 20.7. The van der Waals surface area contributed by atoms with Crippen LogP contribution in [-0.4, -0.2) is 21.3 Å². The Labute approximate surface area is 220 Å². The second-order valence-corrected chi connectivity index (χ2v) is 9.03. The molecule has 1 aliphatic carbocycles. The van der Waals surface area contributed by atoms with Crippen LogP contribution in [0, 0.1) is 5.82 Å². The van der Waals surface area contributed by atoms with Gasteiger partial charge in [0.25, 0.3) is 0 Å². The number of carboxylic acids is 1.